The second kappa shape index (κ2) is 7.76. The van der Waals surface area contributed by atoms with Gasteiger partial charge in [0.25, 0.3) is 0 Å². The maximum absolute atomic E-state index is 13.5. The minimum atomic E-state index is -1.35. The van der Waals surface area contributed by atoms with Gasteiger partial charge in [-0.1, -0.05) is 25.5 Å². The Kier molecular flexibility index (Phi) is 5.68. The smallest absolute Gasteiger partial charge is 0.194 e. The van der Waals surface area contributed by atoms with E-state index in [1.165, 1.54) is 37.8 Å². The molecule has 0 N–H and O–H groups in total. The molecule has 132 valence electrons. The maximum Gasteiger partial charge on any atom is 0.194 e. The number of fused-ring (bicyclic) bond motifs is 1. The molecule has 0 bridgehead atoms. The van der Waals surface area contributed by atoms with Gasteiger partial charge in [0.2, 0.25) is 0 Å². The van der Waals surface area contributed by atoms with Crippen LogP contribution in [0.3, 0.4) is 0 Å². The topological polar surface area (TPSA) is 0 Å². The Morgan fingerprint density at radius 1 is 0.958 bits per heavy atom. The van der Waals surface area contributed by atoms with E-state index in [1.807, 2.05) is 0 Å². The largest absolute Gasteiger partial charge is 0.204 e. The fraction of sp³-hybridized carbons (Fsp3) is 0.619. The van der Waals surface area contributed by atoms with Crippen LogP contribution in [0.4, 0.5) is 13.2 Å². The standard InChI is InChI=1S/C21H27F3/c1-2-3-4-5-14-6-7-16-11-17(9-8-15(16)10-14)18-12-19(22)21(24)20(23)13-18/h4-5,12-17H,2-3,6-11H2,1H3. The zero-order valence-corrected chi connectivity index (χ0v) is 14.4. The highest BCUT2D eigenvalue weighted by molar-refractivity contribution is 5.24. The van der Waals surface area contributed by atoms with Gasteiger partial charge in [0.15, 0.2) is 17.5 Å². The molecule has 24 heavy (non-hydrogen) atoms. The maximum atomic E-state index is 13.5. The Morgan fingerprint density at radius 2 is 1.62 bits per heavy atom. The molecule has 2 fully saturated rings. The number of benzene rings is 1. The molecule has 2 saturated carbocycles. The lowest BCUT2D eigenvalue weighted by Gasteiger charge is -2.41. The number of halogens is 3. The van der Waals surface area contributed by atoms with Crippen LogP contribution in [0.25, 0.3) is 0 Å². The van der Waals surface area contributed by atoms with Crippen molar-refractivity contribution in [3.63, 3.8) is 0 Å². The highest BCUT2D eigenvalue weighted by Crippen LogP contribution is 2.48. The molecule has 2 aliphatic carbocycles. The van der Waals surface area contributed by atoms with Gasteiger partial charge in [0, 0.05) is 0 Å². The molecule has 0 amide bonds. The first-order chi connectivity index (χ1) is 11.6. The van der Waals surface area contributed by atoms with Crippen LogP contribution in [0.2, 0.25) is 0 Å². The quantitative estimate of drug-likeness (QED) is 0.421. The molecule has 4 atom stereocenters. The van der Waals surface area contributed by atoms with Crippen molar-refractivity contribution in [2.45, 2.75) is 64.2 Å². The first kappa shape index (κ1) is 17.6. The molecular weight excluding hydrogens is 309 g/mol. The van der Waals surface area contributed by atoms with E-state index in [9.17, 15) is 13.2 Å². The lowest BCUT2D eigenvalue weighted by atomic mass is 9.64. The summed E-state index contributed by atoms with van der Waals surface area (Å²) in [7, 11) is 0. The molecule has 4 unspecified atom stereocenters. The molecular formula is C21H27F3. The number of allylic oxidation sites excluding steroid dienone is 2. The zero-order valence-electron chi connectivity index (χ0n) is 14.4. The third kappa shape index (κ3) is 3.87. The fourth-order valence-corrected chi connectivity index (χ4v) is 4.67. The lowest BCUT2D eigenvalue weighted by Crippen LogP contribution is -2.30. The van der Waals surface area contributed by atoms with Gasteiger partial charge in [-0.05, 0) is 86.3 Å². The summed E-state index contributed by atoms with van der Waals surface area (Å²) in [6, 6.07) is 2.39. The van der Waals surface area contributed by atoms with E-state index in [1.54, 1.807) is 0 Å². The average Bonchev–Trinajstić information content (AvgIpc) is 2.59. The van der Waals surface area contributed by atoms with Gasteiger partial charge < -0.3 is 0 Å². The van der Waals surface area contributed by atoms with E-state index in [-0.39, 0.29) is 5.92 Å². The minimum Gasteiger partial charge on any atom is -0.204 e. The van der Waals surface area contributed by atoms with Crippen LogP contribution >= 0.6 is 0 Å². The van der Waals surface area contributed by atoms with Crippen LogP contribution in [0, 0.1) is 35.2 Å². The molecule has 0 aromatic heterocycles. The van der Waals surface area contributed by atoms with Crippen molar-refractivity contribution in [1.29, 1.82) is 0 Å². The fourth-order valence-electron chi connectivity index (χ4n) is 4.67. The summed E-state index contributed by atoms with van der Waals surface area (Å²) >= 11 is 0. The molecule has 1 aromatic rings. The highest BCUT2D eigenvalue weighted by atomic mass is 19.2. The van der Waals surface area contributed by atoms with Gasteiger partial charge in [-0.25, -0.2) is 13.2 Å². The Morgan fingerprint density at radius 3 is 2.33 bits per heavy atom. The Balaban J connectivity index is 1.62. The van der Waals surface area contributed by atoms with E-state index >= 15 is 0 Å². The summed E-state index contributed by atoms with van der Waals surface area (Å²) < 4.78 is 40.2. The SMILES string of the molecule is CCCC=CC1CCC2CC(c3cc(F)c(F)c(F)c3)CCC2C1. The summed E-state index contributed by atoms with van der Waals surface area (Å²) in [5, 5.41) is 0. The molecule has 3 rings (SSSR count). The predicted molar refractivity (Wildman–Crippen MR) is 91.3 cm³/mol. The van der Waals surface area contributed by atoms with Gasteiger partial charge in [0.1, 0.15) is 0 Å². The van der Waals surface area contributed by atoms with E-state index in [0.29, 0.717) is 17.4 Å². The van der Waals surface area contributed by atoms with E-state index in [4.69, 9.17) is 0 Å². The van der Waals surface area contributed by atoms with Crippen LogP contribution in [0.1, 0.15) is 69.8 Å². The van der Waals surface area contributed by atoms with Crippen molar-refractivity contribution in [1.82, 2.24) is 0 Å². The Bertz CT molecular complexity index is 570. The minimum absolute atomic E-state index is 0.169. The van der Waals surface area contributed by atoms with Gasteiger partial charge in [-0.15, -0.1) is 0 Å². The second-order valence-corrected chi connectivity index (χ2v) is 7.62. The molecule has 0 spiro atoms. The van der Waals surface area contributed by atoms with Gasteiger partial charge >= 0.3 is 0 Å². The monoisotopic (exact) mass is 336 g/mol. The number of hydrogen-bond acceptors (Lipinski definition) is 0. The van der Waals surface area contributed by atoms with Crippen LogP contribution < -0.4 is 0 Å². The lowest BCUT2D eigenvalue weighted by molar-refractivity contribution is 0.133. The summed E-state index contributed by atoms with van der Waals surface area (Å²) in [5.74, 6) is -1.21. The van der Waals surface area contributed by atoms with Gasteiger partial charge in [0.05, 0.1) is 0 Å². The average molecular weight is 336 g/mol. The summed E-state index contributed by atoms with van der Waals surface area (Å²) in [6.45, 7) is 2.20. The van der Waals surface area contributed by atoms with Crippen molar-refractivity contribution in [3.05, 3.63) is 47.3 Å². The normalized spacial score (nSPS) is 30.5. The number of unbranched alkanes of at least 4 members (excludes halogenated alkanes) is 1. The predicted octanol–water partition coefficient (Wildman–Crippen LogP) is 6.76. The highest BCUT2D eigenvalue weighted by Gasteiger charge is 2.35. The van der Waals surface area contributed by atoms with Crippen molar-refractivity contribution >= 4 is 0 Å². The van der Waals surface area contributed by atoms with Crippen LogP contribution in [0.5, 0.6) is 0 Å². The summed E-state index contributed by atoms with van der Waals surface area (Å²) in [5.41, 5.74) is 0.634. The third-order valence-corrected chi connectivity index (χ3v) is 5.99. The third-order valence-electron chi connectivity index (χ3n) is 5.99. The van der Waals surface area contributed by atoms with E-state index in [2.05, 4.69) is 19.1 Å². The molecule has 1 aromatic carbocycles. The van der Waals surface area contributed by atoms with Crippen LogP contribution in [0.15, 0.2) is 24.3 Å². The number of rotatable bonds is 4. The first-order valence-corrected chi connectivity index (χ1v) is 9.39. The summed E-state index contributed by atoms with van der Waals surface area (Å²) in [6.07, 6.45) is 13.8. The van der Waals surface area contributed by atoms with E-state index in [0.717, 1.165) is 31.6 Å². The first-order valence-electron chi connectivity index (χ1n) is 9.39. The number of hydrogen-bond donors (Lipinski definition) is 0. The van der Waals surface area contributed by atoms with Crippen molar-refractivity contribution < 1.29 is 13.2 Å². The molecule has 0 saturated heterocycles. The molecule has 0 radical (unpaired) electrons. The van der Waals surface area contributed by atoms with Gasteiger partial charge in [-0.3, -0.25) is 0 Å². The van der Waals surface area contributed by atoms with Crippen molar-refractivity contribution in [2.24, 2.45) is 17.8 Å². The van der Waals surface area contributed by atoms with Gasteiger partial charge in [-0.2, -0.15) is 0 Å². The molecule has 3 heteroatoms. The van der Waals surface area contributed by atoms with Crippen LogP contribution in [-0.2, 0) is 0 Å². The van der Waals surface area contributed by atoms with Crippen molar-refractivity contribution in [2.75, 3.05) is 0 Å². The van der Waals surface area contributed by atoms with E-state index < -0.39 is 17.5 Å². The van der Waals surface area contributed by atoms with Crippen molar-refractivity contribution in [3.8, 4) is 0 Å². The molecule has 0 aliphatic heterocycles. The second-order valence-electron chi connectivity index (χ2n) is 7.62. The molecule has 0 heterocycles. The van der Waals surface area contributed by atoms with Crippen LogP contribution in [-0.4, -0.2) is 0 Å². The molecule has 0 nitrogen and oxygen atoms in total. The zero-order chi connectivity index (χ0) is 17.1. The molecule has 2 aliphatic rings. The Labute approximate surface area is 143 Å². The summed E-state index contributed by atoms with van der Waals surface area (Å²) in [4.78, 5) is 0. The Hall–Kier alpha value is -1.25.